The van der Waals surface area contributed by atoms with E-state index in [0.29, 0.717) is 12.1 Å². The Bertz CT molecular complexity index is 628. The molecule has 0 saturated heterocycles. The summed E-state index contributed by atoms with van der Waals surface area (Å²) in [6.45, 7) is 5.55. The Morgan fingerprint density at radius 2 is 1.76 bits per heavy atom. The van der Waals surface area contributed by atoms with Gasteiger partial charge in [0.25, 0.3) is 0 Å². The van der Waals surface area contributed by atoms with Crippen molar-refractivity contribution in [3.8, 4) is 6.07 Å². The van der Waals surface area contributed by atoms with Gasteiger partial charge in [0, 0.05) is 19.2 Å². The maximum Gasteiger partial charge on any atom is 0.132 e. The van der Waals surface area contributed by atoms with Crippen LogP contribution in [0.25, 0.3) is 0 Å². The van der Waals surface area contributed by atoms with E-state index in [9.17, 15) is 0 Å². The quantitative estimate of drug-likeness (QED) is 0.851. The standard InChI is InChI=1S/C16H19N5/c1-3-8-18-15-9-16(21-12(2)20-15)19-11-14-6-4-13(10-17)5-7-14/h4-7,9H,3,8,11H2,1-2H3,(H2,18,19,20,21). The molecule has 2 N–H and O–H groups in total. The van der Waals surface area contributed by atoms with Crippen LogP contribution in [0.4, 0.5) is 11.6 Å². The second kappa shape index (κ2) is 7.25. The van der Waals surface area contributed by atoms with Crippen LogP contribution in [0.2, 0.25) is 0 Å². The first-order chi connectivity index (χ1) is 10.2. The molecule has 0 spiro atoms. The van der Waals surface area contributed by atoms with Crippen LogP contribution in [-0.4, -0.2) is 16.5 Å². The summed E-state index contributed by atoms with van der Waals surface area (Å²) in [5, 5.41) is 15.3. The van der Waals surface area contributed by atoms with E-state index in [0.717, 1.165) is 36.0 Å². The fourth-order valence-corrected chi connectivity index (χ4v) is 1.89. The van der Waals surface area contributed by atoms with Crippen molar-refractivity contribution >= 4 is 11.6 Å². The molecule has 0 amide bonds. The third kappa shape index (κ3) is 4.46. The van der Waals surface area contributed by atoms with Gasteiger partial charge in [-0.2, -0.15) is 5.26 Å². The van der Waals surface area contributed by atoms with Gasteiger partial charge in [-0.05, 0) is 31.0 Å². The number of benzene rings is 1. The molecule has 0 aliphatic rings. The molecule has 0 bridgehead atoms. The highest BCUT2D eigenvalue weighted by molar-refractivity contribution is 5.48. The summed E-state index contributed by atoms with van der Waals surface area (Å²) in [5.41, 5.74) is 1.77. The largest absolute Gasteiger partial charge is 0.370 e. The summed E-state index contributed by atoms with van der Waals surface area (Å²) in [6.07, 6.45) is 1.05. The number of hydrogen-bond acceptors (Lipinski definition) is 5. The van der Waals surface area contributed by atoms with Gasteiger partial charge >= 0.3 is 0 Å². The van der Waals surface area contributed by atoms with E-state index in [-0.39, 0.29) is 0 Å². The van der Waals surface area contributed by atoms with Crippen LogP contribution < -0.4 is 10.6 Å². The number of rotatable bonds is 6. The second-order valence-corrected chi connectivity index (χ2v) is 4.77. The molecule has 5 heteroatoms. The Kier molecular flexibility index (Phi) is 5.10. The average molecular weight is 281 g/mol. The lowest BCUT2D eigenvalue weighted by atomic mass is 10.1. The molecule has 1 aromatic carbocycles. The van der Waals surface area contributed by atoms with Gasteiger partial charge in [0.05, 0.1) is 11.6 Å². The van der Waals surface area contributed by atoms with Crippen molar-refractivity contribution in [2.45, 2.75) is 26.8 Å². The maximum atomic E-state index is 8.78. The number of aryl methyl sites for hydroxylation is 1. The Balaban J connectivity index is 2.01. The fourth-order valence-electron chi connectivity index (χ4n) is 1.89. The number of nitrogens with one attached hydrogen (secondary N) is 2. The topological polar surface area (TPSA) is 73.6 Å². The highest BCUT2D eigenvalue weighted by Crippen LogP contribution is 2.13. The van der Waals surface area contributed by atoms with E-state index in [1.54, 1.807) is 0 Å². The molecule has 0 fully saturated rings. The highest BCUT2D eigenvalue weighted by atomic mass is 15.1. The van der Waals surface area contributed by atoms with Crippen LogP contribution >= 0.6 is 0 Å². The number of nitriles is 1. The van der Waals surface area contributed by atoms with E-state index >= 15 is 0 Å². The molecule has 1 aromatic heterocycles. The summed E-state index contributed by atoms with van der Waals surface area (Å²) in [7, 11) is 0. The zero-order valence-corrected chi connectivity index (χ0v) is 12.3. The molecule has 0 atom stereocenters. The molecule has 5 nitrogen and oxygen atoms in total. The summed E-state index contributed by atoms with van der Waals surface area (Å²) in [5.74, 6) is 2.37. The van der Waals surface area contributed by atoms with Crippen molar-refractivity contribution in [3.63, 3.8) is 0 Å². The molecule has 0 unspecified atom stereocenters. The van der Waals surface area contributed by atoms with E-state index in [2.05, 4.69) is 33.6 Å². The van der Waals surface area contributed by atoms with Gasteiger partial charge in [0.15, 0.2) is 0 Å². The first-order valence-electron chi connectivity index (χ1n) is 7.03. The van der Waals surface area contributed by atoms with Crippen LogP contribution in [0.3, 0.4) is 0 Å². The number of anilines is 2. The first kappa shape index (κ1) is 14.8. The average Bonchev–Trinajstić information content (AvgIpc) is 2.51. The predicted octanol–water partition coefficient (Wildman–Crippen LogP) is 3.09. The molecule has 0 aliphatic heterocycles. The van der Waals surface area contributed by atoms with E-state index in [1.165, 1.54) is 0 Å². The third-order valence-corrected chi connectivity index (χ3v) is 2.95. The van der Waals surface area contributed by atoms with Crippen molar-refractivity contribution < 1.29 is 0 Å². The van der Waals surface area contributed by atoms with Gasteiger partial charge in [0.1, 0.15) is 17.5 Å². The van der Waals surface area contributed by atoms with Crippen molar-refractivity contribution in [1.82, 2.24) is 9.97 Å². The molecule has 0 saturated carbocycles. The summed E-state index contributed by atoms with van der Waals surface area (Å²) in [4.78, 5) is 8.73. The van der Waals surface area contributed by atoms with Crippen LogP contribution in [0.15, 0.2) is 30.3 Å². The van der Waals surface area contributed by atoms with Crippen molar-refractivity contribution in [2.24, 2.45) is 0 Å². The van der Waals surface area contributed by atoms with E-state index in [1.807, 2.05) is 37.3 Å². The molecule has 0 aliphatic carbocycles. The lowest BCUT2D eigenvalue weighted by molar-refractivity contribution is 0.951. The molecular formula is C16H19N5. The molecule has 2 aromatic rings. The lowest BCUT2D eigenvalue weighted by Crippen LogP contribution is -2.07. The summed E-state index contributed by atoms with van der Waals surface area (Å²) < 4.78 is 0. The van der Waals surface area contributed by atoms with E-state index < -0.39 is 0 Å². The Morgan fingerprint density at radius 1 is 1.10 bits per heavy atom. The smallest absolute Gasteiger partial charge is 0.132 e. The Hall–Kier alpha value is -2.61. The second-order valence-electron chi connectivity index (χ2n) is 4.77. The minimum Gasteiger partial charge on any atom is -0.370 e. The van der Waals surface area contributed by atoms with Gasteiger partial charge in [-0.3, -0.25) is 0 Å². The molecular weight excluding hydrogens is 262 g/mol. The first-order valence-corrected chi connectivity index (χ1v) is 7.03. The van der Waals surface area contributed by atoms with Crippen LogP contribution in [-0.2, 0) is 6.54 Å². The maximum absolute atomic E-state index is 8.78. The molecule has 0 radical (unpaired) electrons. The van der Waals surface area contributed by atoms with Gasteiger partial charge in [-0.15, -0.1) is 0 Å². The number of nitrogens with zero attached hydrogens (tertiary/aromatic N) is 3. The van der Waals surface area contributed by atoms with Crippen LogP contribution in [0, 0.1) is 18.3 Å². The predicted molar refractivity (Wildman–Crippen MR) is 84.0 cm³/mol. The highest BCUT2D eigenvalue weighted by Gasteiger charge is 2.01. The van der Waals surface area contributed by atoms with Gasteiger partial charge in [0.2, 0.25) is 0 Å². The molecule has 1 heterocycles. The normalized spacial score (nSPS) is 9.95. The Morgan fingerprint density at radius 3 is 2.38 bits per heavy atom. The van der Waals surface area contributed by atoms with Crippen molar-refractivity contribution in [1.29, 1.82) is 5.26 Å². The SMILES string of the molecule is CCCNc1cc(NCc2ccc(C#N)cc2)nc(C)n1. The molecule has 21 heavy (non-hydrogen) atoms. The third-order valence-electron chi connectivity index (χ3n) is 2.95. The summed E-state index contributed by atoms with van der Waals surface area (Å²) in [6, 6.07) is 11.5. The zero-order valence-electron chi connectivity index (χ0n) is 12.3. The van der Waals surface area contributed by atoms with Crippen molar-refractivity contribution in [3.05, 3.63) is 47.3 Å². The zero-order chi connectivity index (χ0) is 15.1. The monoisotopic (exact) mass is 281 g/mol. The van der Waals surface area contributed by atoms with Crippen LogP contribution in [0.5, 0.6) is 0 Å². The van der Waals surface area contributed by atoms with Gasteiger partial charge < -0.3 is 10.6 Å². The number of hydrogen-bond donors (Lipinski definition) is 2. The summed E-state index contributed by atoms with van der Waals surface area (Å²) >= 11 is 0. The van der Waals surface area contributed by atoms with Gasteiger partial charge in [-0.1, -0.05) is 19.1 Å². The fraction of sp³-hybridized carbons (Fsp3) is 0.312. The minimum absolute atomic E-state index is 0.662. The number of aromatic nitrogens is 2. The van der Waals surface area contributed by atoms with E-state index in [4.69, 9.17) is 5.26 Å². The van der Waals surface area contributed by atoms with Crippen LogP contribution in [0.1, 0.15) is 30.3 Å². The lowest BCUT2D eigenvalue weighted by Gasteiger charge is -2.10. The molecule has 108 valence electrons. The van der Waals surface area contributed by atoms with Crippen molar-refractivity contribution in [2.75, 3.05) is 17.2 Å². The molecule has 2 rings (SSSR count). The van der Waals surface area contributed by atoms with Gasteiger partial charge in [-0.25, -0.2) is 9.97 Å². The minimum atomic E-state index is 0.662. The Labute approximate surface area is 125 Å².